The molecule has 5 heteroatoms. The third-order valence-corrected chi connectivity index (χ3v) is 3.01. The van der Waals surface area contributed by atoms with E-state index in [1.54, 1.807) is 0 Å². The largest absolute Gasteiger partial charge is 0.354 e. The van der Waals surface area contributed by atoms with Gasteiger partial charge in [0.05, 0.1) is 6.42 Å². The number of hydrogen-bond donors (Lipinski definition) is 2. The average Bonchev–Trinajstić information content (AvgIpc) is 2.39. The number of nitrogens with zero attached hydrogens (tertiary/aromatic N) is 2. The van der Waals surface area contributed by atoms with E-state index in [9.17, 15) is 4.79 Å². The first-order valence-corrected chi connectivity index (χ1v) is 7.40. The van der Waals surface area contributed by atoms with Crippen molar-refractivity contribution >= 4 is 17.4 Å². The molecule has 1 aromatic heterocycles. The van der Waals surface area contributed by atoms with Gasteiger partial charge >= 0.3 is 0 Å². The summed E-state index contributed by atoms with van der Waals surface area (Å²) in [6, 6.07) is 9.86. The lowest BCUT2D eigenvalue weighted by Gasteiger charge is -2.10. The van der Waals surface area contributed by atoms with Gasteiger partial charge in [-0.1, -0.05) is 12.1 Å². The van der Waals surface area contributed by atoms with Gasteiger partial charge in [-0.05, 0) is 45.4 Å². The van der Waals surface area contributed by atoms with Gasteiger partial charge in [0.25, 0.3) is 0 Å². The van der Waals surface area contributed by atoms with Crippen LogP contribution in [0.25, 0.3) is 0 Å². The van der Waals surface area contributed by atoms with Crippen LogP contribution in [0.4, 0.5) is 11.5 Å². The Bertz CT molecular complexity index is 630. The van der Waals surface area contributed by atoms with E-state index in [1.165, 1.54) is 0 Å². The van der Waals surface area contributed by atoms with Crippen molar-refractivity contribution in [3.05, 3.63) is 47.4 Å². The van der Waals surface area contributed by atoms with Gasteiger partial charge in [0.1, 0.15) is 11.6 Å². The molecule has 22 heavy (non-hydrogen) atoms. The molecule has 0 atom stereocenters. The second-order valence-corrected chi connectivity index (χ2v) is 5.66. The molecule has 0 unspecified atom stereocenters. The summed E-state index contributed by atoms with van der Waals surface area (Å²) in [7, 11) is 0. The van der Waals surface area contributed by atoms with Crippen LogP contribution in [-0.4, -0.2) is 21.9 Å². The summed E-state index contributed by atoms with van der Waals surface area (Å²) in [6.07, 6.45) is 0.393. The van der Waals surface area contributed by atoms with Gasteiger partial charge in [0.2, 0.25) is 5.91 Å². The molecule has 0 aliphatic rings. The Morgan fingerprint density at radius 2 is 1.82 bits per heavy atom. The van der Waals surface area contributed by atoms with E-state index >= 15 is 0 Å². The van der Waals surface area contributed by atoms with Crippen molar-refractivity contribution in [3.8, 4) is 0 Å². The molecule has 0 aliphatic heterocycles. The summed E-state index contributed by atoms with van der Waals surface area (Å²) in [5.74, 6) is 1.55. The van der Waals surface area contributed by atoms with E-state index in [0.717, 1.165) is 28.6 Å². The highest BCUT2D eigenvalue weighted by Crippen LogP contribution is 2.16. The Morgan fingerprint density at radius 1 is 1.14 bits per heavy atom. The van der Waals surface area contributed by atoms with Gasteiger partial charge < -0.3 is 10.6 Å². The normalized spacial score (nSPS) is 10.6. The molecule has 1 aromatic carbocycles. The van der Waals surface area contributed by atoms with Crippen LogP contribution in [0, 0.1) is 13.8 Å². The second kappa shape index (κ2) is 7.02. The summed E-state index contributed by atoms with van der Waals surface area (Å²) in [6.45, 7) is 7.72. The molecule has 1 heterocycles. The van der Waals surface area contributed by atoms with E-state index in [-0.39, 0.29) is 11.9 Å². The molecule has 0 aliphatic carbocycles. The summed E-state index contributed by atoms with van der Waals surface area (Å²) >= 11 is 0. The molecule has 2 aromatic rings. The Morgan fingerprint density at radius 3 is 2.41 bits per heavy atom. The van der Waals surface area contributed by atoms with Crippen molar-refractivity contribution in [2.45, 2.75) is 40.2 Å². The van der Waals surface area contributed by atoms with Crippen molar-refractivity contribution in [1.82, 2.24) is 15.3 Å². The fourth-order valence-electron chi connectivity index (χ4n) is 2.19. The molecule has 2 N–H and O–H groups in total. The monoisotopic (exact) mass is 298 g/mol. The summed E-state index contributed by atoms with van der Waals surface area (Å²) in [5, 5.41) is 6.13. The lowest BCUT2D eigenvalue weighted by Crippen LogP contribution is -2.31. The number of carbonyl (C=O) groups excluding carboxylic acids is 1. The fourth-order valence-corrected chi connectivity index (χ4v) is 2.19. The second-order valence-electron chi connectivity index (χ2n) is 5.66. The van der Waals surface area contributed by atoms with Crippen molar-refractivity contribution in [3.63, 3.8) is 0 Å². The maximum Gasteiger partial charge on any atom is 0.224 e. The van der Waals surface area contributed by atoms with Gasteiger partial charge in [-0.25, -0.2) is 9.97 Å². The van der Waals surface area contributed by atoms with E-state index < -0.39 is 0 Å². The number of carbonyl (C=O) groups is 1. The van der Waals surface area contributed by atoms with E-state index in [1.807, 2.05) is 58.0 Å². The van der Waals surface area contributed by atoms with Crippen LogP contribution < -0.4 is 10.6 Å². The van der Waals surface area contributed by atoms with Crippen molar-refractivity contribution in [2.24, 2.45) is 0 Å². The van der Waals surface area contributed by atoms with Crippen molar-refractivity contribution in [1.29, 1.82) is 0 Å². The number of rotatable bonds is 5. The van der Waals surface area contributed by atoms with Crippen LogP contribution in [0.2, 0.25) is 0 Å². The number of aromatic nitrogens is 2. The molecular weight excluding hydrogens is 276 g/mol. The number of amides is 1. The minimum atomic E-state index is 0.0396. The topological polar surface area (TPSA) is 66.9 Å². The number of anilines is 2. The Kier molecular flexibility index (Phi) is 5.09. The zero-order valence-corrected chi connectivity index (χ0v) is 13.5. The highest BCUT2D eigenvalue weighted by atomic mass is 16.1. The molecule has 0 fully saturated rings. The maximum atomic E-state index is 11.7. The van der Waals surface area contributed by atoms with Crippen LogP contribution in [0.3, 0.4) is 0 Å². The quantitative estimate of drug-likeness (QED) is 0.890. The van der Waals surface area contributed by atoms with Crippen LogP contribution in [-0.2, 0) is 11.2 Å². The lowest BCUT2D eigenvalue weighted by molar-refractivity contribution is -0.120. The number of nitrogens with one attached hydrogen (secondary N) is 2. The first-order chi connectivity index (χ1) is 10.4. The third kappa shape index (κ3) is 4.84. The third-order valence-electron chi connectivity index (χ3n) is 3.01. The van der Waals surface area contributed by atoms with Crippen molar-refractivity contribution in [2.75, 3.05) is 5.32 Å². The predicted octanol–water partition coefficient (Wildman–Crippen LogP) is 2.90. The molecule has 5 nitrogen and oxygen atoms in total. The maximum absolute atomic E-state index is 11.7. The molecule has 0 radical (unpaired) electrons. The highest BCUT2D eigenvalue weighted by molar-refractivity contribution is 5.79. The van der Waals surface area contributed by atoms with Crippen LogP contribution in [0.5, 0.6) is 0 Å². The van der Waals surface area contributed by atoms with Crippen LogP contribution in [0.1, 0.15) is 30.9 Å². The molecule has 116 valence electrons. The number of hydrogen-bond acceptors (Lipinski definition) is 4. The van der Waals surface area contributed by atoms with Crippen LogP contribution >= 0.6 is 0 Å². The fraction of sp³-hybridized carbons (Fsp3) is 0.353. The first kappa shape index (κ1) is 15.9. The Balaban J connectivity index is 2.01. The van der Waals surface area contributed by atoms with E-state index in [0.29, 0.717) is 6.42 Å². The van der Waals surface area contributed by atoms with Gasteiger partial charge in [-0.15, -0.1) is 0 Å². The summed E-state index contributed by atoms with van der Waals surface area (Å²) in [4.78, 5) is 20.3. The molecule has 2 rings (SSSR count). The minimum Gasteiger partial charge on any atom is -0.354 e. The SMILES string of the molecule is Cc1cc(Nc2ccc(CC(=O)NC(C)C)cc2)nc(C)n1. The van der Waals surface area contributed by atoms with Gasteiger partial charge in [-0.3, -0.25) is 4.79 Å². The first-order valence-electron chi connectivity index (χ1n) is 7.40. The molecule has 0 bridgehead atoms. The van der Waals surface area contributed by atoms with Crippen molar-refractivity contribution < 1.29 is 4.79 Å². The Labute approximate surface area is 131 Å². The molecular formula is C17H22N4O. The number of benzene rings is 1. The Hall–Kier alpha value is -2.43. The standard InChI is InChI=1S/C17H22N4O/c1-11(2)18-17(22)10-14-5-7-15(8-6-14)21-16-9-12(3)19-13(4)20-16/h5-9,11H,10H2,1-4H3,(H,18,22)(H,19,20,21). The molecule has 0 saturated heterocycles. The predicted molar refractivity (Wildman–Crippen MR) is 88.2 cm³/mol. The van der Waals surface area contributed by atoms with Gasteiger partial charge in [-0.2, -0.15) is 0 Å². The highest BCUT2D eigenvalue weighted by Gasteiger charge is 2.05. The van der Waals surface area contributed by atoms with Gasteiger partial charge in [0.15, 0.2) is 0 Å². The summed E-state index contributed by atoms with van der Waals surface area (Å²) < 4.78 is 0. The lowest BCUT2D eigenvalue weighted by atomic mass is 10.1. The van der Waals surface area contributed by atoms with E-state index in [4.69, 9.17) is 0 Å². The zero-order valence-electron chi connectivity index (χ0n) is 13.5. The molecule has 0 spiro atoms. The minimum absolute atomic E-state index is 0.0396. The van der Waals surface area contributed by atoms with Crippen LogP contribution in [0.15, 0.2) is 30.3 Å². The van der Waals surface area contributed by atoms with Gasteiger partial charge in [0, 0.05) is 23.5 Å². The number of aryl methyl sites for hydroxylation is 2. The zero-order chi connectivity index (χ0) is 16.1. The molecule has 0 saturated carbocycles. The van der Waals surface area contributed by atoms with E-state index in [2.05, 4.69) is 20.6 Å². The smallest absolute Gasteiger partial charge is 0.224 e. The molecule has 1 amide bonds. The average molecular weight is 298 g/mol. The summed E-state index contributed by atoms with van der Waals surface area (Å²) in [5.41, 5.74) is 2.85.